The highest BCUT2D eigenvalue weighted by molar-refractivity contribution is 5.26. The lowest BCUT2D eigenvalue weighted by atomic mass is 9.66. The smallest absolute Gasteiger partial charge is 0.0111 e. The monoisotopic (exact) mass is 222 g/mol. The maximum absolute atomic E-state index is 2.45. The molecule has 0 radical (unpaired) electrons. The van der Waals surface area contributed by atoms with Gasteiger partial charge < -0.3 is 0 Å². The minimum Gasteiger partial charge on any atom is -0.0705 e. The second-order valence-electron chi connectivity index (χ2n) is 6.88. The summed E-state index contributed by atoms with van der Waals surface area (Å²) in [6.45, 7) is 19.3. The maximum atomic E-state index is 2.45. The second-order valence-corrected chi connectivity index (χ2v) is 6.88. The topological polar surface area (TPSA) is 0 Å². The summed E-state index contributed by atoms with van der Waals surface area (Å²) in [4.78, 5) is 0. The highest BCUT2D eigenvalue weighted by Gasteiger charge is 2.39. The molecule has 0 aromatic carbocycles. The molecule has 94 valence electrons. The molecule has 16 heavy (non-hydrogen) atoms. The van der Waals surface area contributed by atoms with Crippen LogP contribution in [0.25, 0.3) is 0 Å². The summed E-state index contributed by atoms with van der Waals surface area (Å²) >= 11 is 0. The second kappa shape index (κ2) is 4.55. The van der Waals surface area contributed by atoms with Crippen LogP contribution in [0.1, 0.15) is 61.8 Å². The molecule has 0 N–H and O–H groups in total. The van der Waals surface area contributed by atoms with Crippen molar-refractivity contribution in [2.75, 3.05) is 0 Å². The lowest BCUT2D eigenvalue weighted by Crippen LogP contribution is -2.30. The molecule has 3 atom stereocenters. The third-order valence-electron chi connectivity index (χ3n) is 5.15. The first kappa shape index (κ1) is 13.8. The van der Waals surface area contributed by atoms with Gasteiger partial charge in [-0.25, -0.2) is 0 Å². The third-order valence-corrected chi connectivity index (χ3v) is 5.15. The number of hydrogen-bond acceptors (Lipinski definition) is 0. The summed E-state index contributed by atoms with van der Waals surface area (Å²) in [6.07, 6.45) is 1.35. The first-order valence-electron chi connectivity index (χ1n) is 6.90. The fourth-order valence-electron chi connectivity index (χ4n) is 3.87. The van der Waals surface area contributed by atoms with Gasteiger partial charge in [-0.15, -0.1) is 0 Å². The Bertz CT molecular complexity index is 280. The van der Waals surface area contributed by atoms with E-state index in [1.807, 2.05) is 0 Å². The van der Waals surface area contributed by atoms with Crippen molar-refractivity contribution in [3.8, 4) is 0 Å². The number of rotatable bonds is 1. The van der Waals surface area contributed by atoms with E-state index in [2.05, 4.69) is 55.4 Å². The van der Waals surface area contributed by atoms with E-state index in [9.17, 15) is 0 Å². The van der Waals surface area contributed by atoms with Crippen LogP contribution in [0.15, 0.2) is 11.1 Å². The standard InChI is InChI=1S/C16H30/c1-10(2)15-13(5)11(3)9-12(4)14(6)16(15,7)8/h10-12,14H,9H2,1-8H3. The molecule has 0 saturated carbocycles. The van der Waals surface area contributed by atoms with Gasteiger partial charge in [-0.05, 0) is 42.4 Å². The van der Waals surface area contributed by atoms with Crippen LogP contribution in [0, 0.1) is 29.1 Å². The van der Waals surface area contributed by atoms with Gasteiger partial charge in [0.25, 0.3) is 0 Å². The van der Waals surface area contributed by atoms with Gasteiger partial charge in [0.1, 0.15) is 0 Å². The van der Waals surface area contributed by atoms with Crippen molar-refractivity contribution in [2.45, 2.75) is 61.8 Å². The van der Waals surface area contributed by atoms with Crippen molar-refractivity contribution in [1.82, 2.24) is 0 Å². The Morgan fingerprint density at radius 1 is 1.12 bits per heavy atom. The van der Waals surface area contributed by atoms with Crippen LogP contribution >= 0.6 is 0 Å². The van der Waals surface area contributed by atoms with Gasteiger partial charge in [-0.3, -0.25) is 0 Å². The molecule has 0 heterocycles. The fraction of sp³-hybridized carbons (Fsp3) is 0.875. The SMILES string of the molecule is CC1=C(C(C)C)C(C)(C)C(C)C(C)CC1C. The molecule has 0 bridgehead atoms. The van der Waals surface area contributed by atoms with Crippen molar-refractivity contribution in [3.63, 3.8) is 0 Å². The van der Waals surface area contributed by atoms with Crippen LogP contribution < -0.4 is 0 Å². The quantitative estimate of drug-likeness (QED) is 0.528. The largest absolute Gasteiger partial charge is 0.0705 e. The number of allylic oxidation sites excluding steroid dienone is 2. The lowest BCUT2D eigenvalue weighted by Gasteiger charge is -2.39. The van der Waals surface area contributed by atoms with E-state index < -0.39 is 0 Å². The van der Waals surface area contributed by atoms with Crippen LogP contribution in [0.4, 0.5) is 0 Å². The summed E-state index contributed by atoms with van der Waals surface area (Å²) in [5, 5.41) is 0. The van der Waals surface area contributed by atoms with E-state index in [4.69, 9.17) is 0 Å². The molecule has 1 aliphatic rings. The summed E-state index contributed by atoms with van der Waals surface area (Å²) in [5.74, 6) is 3.06. The predicted octanol–water partition coefficient (Wildman–Crippen LogP) is 5.30. The fourth-order valence-corrected chi connectivity index (χ4v) is 3.87. The zero-order valence-electron chi connectivity index (χ0n) is 12.5. The van der Waals surface area contributed by atoms with Crippen molar-refractivity contribution in [3.05, 3.63) is 11.1 Å². The summed E-state index contributed by atoms with van der Waals surface area (Å²) in [5.41, 5.74) is 3.75. The molecule has 0 fully saturated rings. The van der Waals surface area contributed by atoms with Crippen molar-refractivity contribution in [1.29, 1.82) is 0 Å². The molecule has 3 unspecified atom stereocenters. The average Bonchev–Trinajstić information content (AvgIpc) is 2.18. The van der Waals surface area contributed by atoms with Gasteiger partial charge in [-0.2, -0.15) is 0 Å². The van der Waals surface area contributed by atoms with Gasteiger partial charge in [-0.1, -0.05) is 59.6 Å². The van der Waals surface area contributed by atoms with Gasteiger partial charge in [0.2, 0.25) is 0 Å². The predicted molar refractivity (Wildman–Crippen MR) is 73.4 cm³/mol. The molecule has 0 aromatic rings. The van der Waals surface area contributed by atoms with Crippen LogP contribution in [0.3, 0.4) is 0 Å². The maximum Gasteiger partial charge on any atom is -0.0111 e. The first-order chi connectivity index (χ1) is 7.19. The highest BCUT2D eigenvalue weighted by Crippen LogP contribution is 2.49. The molecule has 0 spiro atoms. The Balaban J connectivity index is 3.29. The van der Waals surface area contributed by atoms with Gasteiger partial charge in [0, 0.05) is 0 Å². The average molecular weight is 222 g/mol. The minimum absolute atomic E-state index is 0.364. The van der Waals surface area contributed by atoms with Crippen LogP contribution in [-0.2, 0) is 0 Å². The lowest BCUT2D eigenvalue weighted by molar-refractivity contribution is 0.191. The zero-order valence-corrected chi connectivity index (χ0v) is 12.5. The van der Waals surface area contributed by atoms with Gasteiger partial charge in [0.05, 0.1) is 0 Å². The normalized spacial score (nSPS) is 35.4. The molecule has 0 amide bonds. The minimum atomic E-state index is 0.364. The molecule has 0 nitrogen and oxygen atoms in total. The van der Waals surface area contributed by atoms with Crippen molar-refractivity contribution in [2.24, 2.45) is 29.1 Å². The molecule has 0 saturated heterocycles. The molecule has 0 aromatic heterocycles. The van der Waals surface area contributed by atoms with Crippen molar-refractivity contribution < 1.29 is 0 Å². The molecular weight excluding hydrogens is 192 g/mol. The van der Waals surface area contributed by atoms with E-state index in [-0.39, 0.29) is 0 Å². The first-order valence-corrected chi connectivity index (χ1v) is 6.90. The molecule has 1 rings (SSSR count). The molecule has 1 aliphatic carbocycles. The molecule has 0 heteroatoms. The summed E-state index contributed by atoms with van der Waals surface area (Å²) in [7, 11) is 0. The van der Waals surface area contributed by atoms with Crippen LogP contribution in [0.5, 0.6) is 0 Å². The zero-order chi connectivity index (χ0) is 12.7. The van der Waals surface area contributed by atoms with Crippen LogP contribution in [0.2, 0.25) is 0 Å². The van der Waals surface area contributed by atoms with Crippen molar-refractivity contribution >= 4 is 0 Å². The Kier molecular flexibility index (Phi) is 3.92. The third kappa shape index (κ3) is 2.21. The molecular formula is C16H30. The summed E-state index contributed by atoms with van der Waals surface area (Å²) in [6, 6.07) is 0. The van der Waals surface area contributed by atoms with Crippen LogP contribution in [-0.4, -0.2) is 0 Å². The van der Waals surface area contributed by atoms with E-state index in [0.717, 1.165) is 17.8 Å². The Hall–Kier alpha value is -0.260. The van der Waals surface area contributed by atoms with E-state index >= 15 is 0 Å². The van der Waals surface area contributed by atoms with Gasteiger partial charge >= 0.3 is 0 Å². The summed E-state index contributed by atoms with van der Waals surface area (Å²) < 4.78 is 0. The highest BCUT2D eigenvalue weighted by atomic mass is 14.4. The molecule has 0 aliphatic heterocycles. The van der Waals surface area contributed by atoms with Gasteiger partial charge in [0.15, 0.2) is 0 Å². The van der Waals surface area contributed by atoms with E-state index in [1.54, 1.807) is 11.1 Å². The van der Waals surface area contributed by atoms with E-state index in [1.165, 1.54) is 6.42 Å². The Morgan fingerprint density at radius 2 is 1.62 bits per heavy atom. The number of hydrogen-bond donors (Lipinski definition) is 0. The Morgan fingerprint density at radius 3 is 2.06 bits per heavy atom. The Labute approximate surface area is 103 Å². The van der Waals surface area contributed by atoms with E-state index in [0.29, 0.717) is 11.3 Å².